The lowest BCUT2D eigenvalue weighted by Gasteiger charge is -2.28. The number of rotatable bonds is 7. The second kappa shape index (κ2) is 7.61. The van der Waals surface area contributed by atoms with E-state index in [9.17, 15) is 17.6 Å². The van der Waals surface area contributed by atoms with Crippen molar-refractivity contribution in [3.8, 4) is 0 Å². The van der Waals surface area contributed by atoms with Crippen LogP contribution in [0.5, 0.6) is 0 Å². The number of amides is 1. The van der Waals surface area contributed by atoms with Crippen molar-refractivity contribution in [3.63, 3.8) is 0 Å². The fourth-order valence-electron chi connectivity index (χ4n) is 1.77. The molecular formula is C13H17ClFNO4S. The Hall–Kier alpha value is -1.34. The highest BCUT2D eigenvalue weighted by molar-refractivity contribution is 8.13. The van der Waals surface area contributed by atoms with Gasteiger partial charge < -0.3 is 10.1 Å². The molecule has 1 atom stereocenters. The molecule has 1 rings (SSSR count). The molecule has 21 heavy (non-hydrogen) atoms. The van der Waals surface area contributed by atoms with Crippen LogP contribution in [-0.2, 0) is 20.4 Å². The minimum Gasteiger partial charge on any atom is -0.445 e. The smallest absolute Gasteiger partial charge is 0.407 e. The number of hydrogen-bond acceptors (Lipinski definition) is 4. The SMILES string of the molecule is CC(CCF)(CS(=O)(=O)Cl)NC(=O)OCc1ccccc1. The second-order valence-electron chi connectivity index (χ2n) is 4.87. The normalized spacial score (nSPS) is 14.2. The molecule has 0 fully saturated rings. The number of carbonyl (C=O) groups excluding carboxylic acids is 1. The maximum Gasteiger partial charge on any atom is 0.407 e. The number of carbonyl (C=O) groups is 1. The number of halogens is 2. The molecule has 0 spiro atoms. The fourth-order valence-corrected chi connectivity index (χ4v) is 3.47. The minimum absolute atomic E-state index is 0.0337. The average Bonchev–Trinajstić information content (AvgIpc) is 2.35. The first-order valence-corrected chi connectivity index (χ1v) is 8.69. The number of hydrogen-bond donors (Lipinski definition) is 1. The van der Waals surface area contributed by atoms with E-state index in [1.807, 2.05) is 6.07 Å². The van der Waals surface area contributed by atoms with E-state index in [1.165, 1.54) is 6.92 Å². The molecule has 5 nitrogen and oxygen atoms in total. The van der Waals surface area contributed by atoms with Gasteiger partial charge in [0.15, 0.2) is 0 Å². The molecule has 0 aromatic heterocycles. The van der Waals surface area contributed by atoms with Gasteiger partial charge in [0.05, 0.1) is 18.0 Å². The Morgan fingerprint density at radius 2 is 2.00 bits per heavy atom. The van der Waals surface area contributed by atoms with Gasteiger partial charge in [-0.05, 0) is 18.9 Å². The van der Waals surface area contributed by atoms with Gasteiger partial charge in [-0.15, -0.1) is 0 Å². The van der Waals surface area contributed by atoms with Crippen molar-refractivity contribution in [2.75, 3.05) is 12.4 Å². The summed E-state index contributed by atoms with van der Waals surface area (Å²) < 4.78 is 39.8. The van der Waals surface area contributed by atoms with Gasteiger partial charge in [0, 0.05) is 10.7 Å². The number of alkyl halides is 1. The number of nitrogens with one attached hydrogen (secondary N) is 1. The summed E-state index contributed by atoms with van der Waals surface area (Å²) in [5, 5.41) is 2.36. The van der Waals surface area contributed by atoms with E-state index in [0.29, 0.717) is 0 Å². The Bertz CT molecular complexity index is 567. The summed E-state index contributed by atoms with van der Waals surface area (Å²) in [6.07, 6.45) is -1.01. The summed E-state index contributed by atoms with van der Waals surface area (Å²) in [5.74, 6) is -0.577. The Kier molecular flexibility index (Phi) is 6.42. The highest BCUT2D eigenvalue weighted by Gasteiger charge is 2.32. The monoisotopic (exact) mass is 337 g/mol. The molecule has 0 heterocycles. The molecule has 0 saturated carbocycles. The van der Waals surface area contributed by atoms with Gasteiger partial charge in [-0.3, -0.25) is 4.39 Å². The lowest BCUT2D eigenvalue weighted by molar-refractivity contribution is 0.128. The Labute approximate surface area is 127 Å². The zero-order valence-corrected chi connectivity index (χ0v) is 13.1. The highest BCUT2D eigenvalue weighted by Crippen LogP contribution is 2.16. The summed E-state index contributed by atoms with van der Waals surface area (Å²) in [4.78, 5) is 11.7. The van der Waals surface area contributed by atoms with Gasteiger partial charge in [-0.25, -0.2) is 13.2 Å². The third-order valence-electron chi connectivity index (χ3n) is 2.75. The van der Waals surface area contributed by atoms with Crippen LogP contribution in [-0.4, -0.2) is 32.5 Å². The Balaban J connectivity index is 2.60. The predicted octanol–water partition coefficient (Wildman–Crippen LogP) is 2.60. The van der Waals surface area contributed by atoms with Crippen molar-refractivity contribution < 1.29 is 22.3 Å². The van der Waals surface area contributed by atoms with Crippen LogP contribution in [0.1, 0.15) is 18.9 Å². The van der Waals surface area contributed by atoms with Crippen LogP contribution in [0.25, 0.3) is 0 Å². The summed E-state index contributed by atoms with van der Waals surface area (Å²) in [6, 6.07) is 8.97. The van der Waals surface area contributed by atoms with Gasteiger partial charge in [-0.1, -0.05) is 30.3 Å². The molecule has 118 valence electrons. The van der Waals surface area contributed by atoms with Gasteiger partial charge in [0.1, 0.15) is 6.61 Å². The molecule has 0 aliphatic heterocycles. The largest absolute Gasteiger partial charge is 0.445 e. The van der Waals surface area contributed by atoms with Crippen molar-refractivity contribution in [1.29, 1.82) is 0 Å². The Morgan fingerprint density at radius 3 is 2.52 bits per heavy atom. The summed E-state index contributed by atoms with van der Waals surface area (Å²) in [5.41, 5.74) is -0.534. The first kappa shape index (κ1) is 17.7. The van der Waals surface area contributed by atoms with E-state index in [1.54, 1.807) is 24.3 Å². The predicted molar refractivity (Wildman–Crippen MR) is 78.4 cm³/mol. The summed E-state index contributed by atoms with van der Waals surface area (Å²) in [7, 11) is 1.29. The van der Waals surface area contributed by atoms with Crippen molar-refractivity contribution >= 4 is 25.8 Å². The molecule has 0 radical (unpaired) electrons. The van der Waals surface area contributed by atoms with Crippen LogP contribution >= 0.6 is 10.7 Å². The molecule has 1 aromatic carbocycles. The van der Waals surface area contributed by atoms with Crippen molar-refractivity contribution in [2.45, 2.75) is 25.5 Å². The zero-order chi connectivity index (χ0) is 15.9. The topological polar surface area (TPSA) is 72.5 Å². The highest BCUT2D eigenvalue weighted by atomic mass is 35.7. The van der Waals surface area contributed by atoms with Crippen LogP contribution in [0.3, 0.4) is 0 Å². The number of benzene rings is 1. The van der Waals surface area contributed by atoms with E-state index in [-0.39, 0.29) is 13.0 Å². The molecule has 1 unspecified atom stereocenters. The third-order valence-corrected chi connectivity index (χ3v) is 4.06. The lowest BCUT2D eigenvalue weighted by atomic mass is 10.0. The molecule has 1 N–H and O–H groups in total. The van der Waals surface area contributed by atoms with Crippen molar-refractivity contribution in [2.24, 2.45) is 0 Å². The fraction of sp³-hybridized carbons (Fsp3) is 0.462. The molecule has 0 aliphatic rings. The third kappa shape index (κ3) is 7.29. The maximum absolute atomic E-state index is 12.5. The van der Waals surface area contributed by atoms with Gasteiger partial charge in [0.25, 0.3) is 0 Å². The minimum atomic E-state index is -3.88. The van der Waals surface area contributed by atoms with Gasteiger partial charge in [0.2, 0.25) is 9.05 Å². The number of ether oxygens (including phenoxy) is 1. The zero-order valence-electron chi connectivity index (χ0n) is 11.5. The molecule has 8 heteroatoms. The molecular weight excluding hydrogens is 321 g/mol. The lowest BCUT2D eigenvalue weighted by Crippen LogP contribution is -2.50. The molecule has 0 aliphatic carbocycles. The van der Waals surface area contributed by atoms with E-state index in [0.717, 1.165) is 5.56 Å². The van der Waals surface area contributed by atoms with Crippen molar-refractivity contribution in [1.82, 2.24) is 5.32 Å². The molecule has 1 amide bonds. The summed E-state index contributed by atoms with van der Waals surface area (Å²) >= 11 is 0. The average molecular weight is 338 g/mol. The van der Waals surface area contributed by atoms with Crippen LogP contribution in [0.15, 0.2) is 30.3 Å². The van der Waals surface area contributed by atoms with Crippen molar-refractivity contribution in [3.05, 3.63) is 35.9 Å². The molecule has 1 aromatic rings. The van der Waals surface area contributed by atoms with Crippen LogP contribution in [0, 0.1) is 0 Å². The van der Waals surface area contributed by atoms with Crippen LogP contribution in [0.4, 0.5) is 9.18 Å². The van der Waals surface area contributed by atoms with E-state index in [2.05, 4.69) is 5.32 Å². The first-order chi connectivity index (χ1) is 9.74. The van der Waals surface area contributed by atoms with E-state index in [4.69, 9.17) is 15.4 Å². The van der Waals surface area contributed by atoms with Gasteiger partial charge >= 0.3 is 6.09 Å². The van der Waals surface area contributed by atoms with Crippen LogP contribution < -0.4 is 5.32 Å². The van der Waals surface area contributed by atoms with Crippen LogP contribution in [0.2, 0.25) is 0 Å². The first-order valence-electron chi connectivity index (χ1n) is 6.21. The Morgan fingerprint density at radius 1 is 1.38 bits per heavy atom. The standard InChI is InChI=1S/C13H17ClFNO4S/c1-13(7-8-15,10-21(14,18)19)16-12(17)20-9-11-5-3-2-4-6-11/h2-6H,7-10H2,1H3,(H,16,17). The maximum atomic E-state index is 12.5. The number of alkyl carbamates (subject to hydrolysis) is 1. The molecule has 0 bridgehead atoms. The molecule has 0 saturated heterocycles. The summed E-state index contributed by atoms with van der Waals surface area (Å²) in [6.45, 7) is 0.643. The van der Waals surface area contributed by atoms with E-state index >= 15 is 0 Å². The van der Waals surface area contributed by atoms with Gasteiger partial charge in [-0.2, -0.15) is 0 Å². The second-order valence-corrected chi connectivity index (χ2v) is 7.65. The van der Waals surface area contributed by atoms with E-state index < -0.39 is 33.1 Å². The quantitative estimate of drug-likeness (QED) is 0.776.